The van der Waals surface area contributed by atoms with Crippen molar-refractivity contribution < 1.29 is 4.74 Å². The number of benzene rings is 2. The van der Waals surface area contributed by atoms with Gasteiger partial charge >= 0.3 is 0 Å². The Kier molecular flexibility index (Phi) is 4.39. The minimum Gasteiger partial charge on any atom is -0.457 e. The Morgan fingerprint density at radius 3 is 2.50 bits per heavy atom. The zero-order valence-corrected chi connectivity index (χ0v) is 12.0. The van der Waals surface area contributed by atoms with E-state index in [1.165, 1.54) is 0 Å². The maximum absolute atomic E-state index is 5.97. The predicted octanol–water partition coefficient (Wildman–Crippen LogP) is 5.83. The highest BCUT2D eigenvalue weighted by Gasteiger charge is 2.06. The van der Waals surface area contributed by atoms with Gasteiger partial charge in [-0.15, -0.1) is 11.6 Å². The van der Waals surface area contributed by atoms with E-state index in [4.69, 9.17) is 39.5 Å². The van der Waals surface area contributed by atoms with Gasteiger partial charge in [0.15, 0.2) is 0 Å². The monoisotopic (exact) mass is 300 g/mol. The lowest BCUT2D eigenvalue weighted by molar-refractivity contribution is 0.478. The number of aryl methyl sites for hydroxylation is 1. The Labute approximate surface area is 121 Å². The fourth-order valence-corrected chi connectivity index (χ4v) is 2.04. The highest BCUT2D eigenvalue weighted by Crippen LogP contribution is 2.31. The Hall–Kier alpha value is -0.890. The van der Waals surface area contributed by atoms with Gasteiger partial charge in [-0.25, -0.2) is 0 Å². The van der Waals surface area contributed by atoms with E-state index in [1.54, 1.807) is 18.2 Å². The van der Waals surface area contributed by atoms with Gasteiger partial charge in [0.1, 0.15) is 11.5 Å². The maximum Gasteiger partial charge on any atom is 0.133 e. The van der Waals surface area contributed by atoms with Gasteiger partial charge in [-0.1, -0.05) is 29.3 Å². The molecule has 0 aliphatic carbocycles. The first-order chi connectivity index (χ1) is 8.60. The Balaban J connectivity index is 2.33. The molecule has 0 spiro atoms. The molecule has 0 saturated carbocycles. The van der Waals surface area contributed by atoms with Crippen LogP contribution in [0.1, 0.15) is 11.1 Å². The van der Waals surface area contributed by atoms with Crippen molar-refractivity contribution in [1.29, 1.82) is 0 Å². The fourth-order valence-electron chi connectivity index (χ4n) is 1.54. The van der Waals surface area contributed by atoms with E-state index < -0.39 is 0 Å². The second-order valence-electron chi connectivity index (χ2n) is 3.90. The number of alkyl halides is 1. The van der Waals surface area contributed by atoms with Crippen LogP contribution < -0.4 is 4.74 Å². The quantitative estimate of drug-likeness (QED) is 0.648. The third-order valence-corrected chi connectivity index (χ3v) is 3.48. The molecule has 18 heavy (non-hydrogen) atoms. The van der Waals surface area contributed by atoms with E-state index in [0.717, 1.165) is 11.1 Å². The van der Waals surface area contributed by atoms with Crippen LogP contribution in [0, 0.1) is 6.92 Å². The normalized spacial score (nSPS) is 10.4. The van der Waals surface area contributed by atoms with Crippen molar-refractivity contribution in [3.63, 3.8) is 0 Å². The number of halogens is 3. The molecule has 0 fully saturated rings. The number of hydrogen-bond acceptors (Lipinski definition) is 1. The summed E-state index contributed by atoms with van der Waals surface area (Å²) in [5.41, 5.74) is 1.86. The van der Waals surface area contributed by atoms with Crippen LogP contribution in [0.25, 0.3) is 0 Å². The smallest absolute Gasteiger partial charge is 0.133 e. The summed E-state index contributed by atoms with van der Waals surface area (Å²) in [6.07, 6.45) is 0. The Morgan fingerprint density at radius 2 is 1.83 bits per heavy atom. The predicted molar refractivity (Wildman–Crippen MR) is 77.3 cm³/mol. The van der Waals surface area contributed by atoms with Gasteiger partial charge in [0.2, 0.25) is 0 Å². The van der Waals surface area contributed by atoms with Gasteiger partial charge in [-0.2, -0.15) is 0 Å². The molecule has 0 aromatic heterocycles. The SMILES string of the molecule is Cc1cc(Oc2cc(Cl)ccc2CCl)ccc1Cl. The third kappa shape index (κ3) is 3.11. The van der Waals surface area contributed by atoms with Gasteiger partial charge in [0.25, 0.3) is 0 Å². The van der Waals surface area contributed by atoms with Gasteiger partial charge < -0.3 is 4.74 Å². The molecule has 0 atom stereocenters. The van der Waals surface area contributed by atoms with E-state index in [1.807, 2.05) is 25.1 Å². The van der Waals surface area contributed by atoms with E-state index in [9.17, 15) is 0 Å². The lowest BCUT2D eigenvalue weighted by atomic mass is 10.2. The van der Waals surface area contributed by atoms with Crippen LogP contribution in [-0.4, -0.2) is 0 Å². The largest absolute Gasteiger partial charge is 0.457 e. The zero-order valence-electron chi connectivity index (χ0n) is 9.71. The molecule has 1 nitrogen and oxygen atoms in total. The second kappa shape index (κ2) is 5.83. The average molecular weight is 302 g/mol. The third-order valence-electron chi connectivity index (χ3n) is 2.53. The molecule has 94 valence electrons. The van der Waals surface area contributed by atoms with Crippen LogP contribution >= 0.6 is 34.8 Å². The first kappa shape index (κ1) is 13.5. The summed E-state index contributed by atoms with van der Waals surface area (Å²) in [7, 11) is 0. The van der Waals surface area contributed by atoms with Crippen LogP contribution in [0.2, 0.25) is 10.0 Å². The van der Waals surface area contributed by atoms with Crippen LogP contribution in [0.4, 0.5) is 0 Å². The number of ether oxygens (including phenoxy) is 1. The van der Waals surface area contributed by atoms with Crippen molar-refractivity contribution >= 4 is 34.8 Å². The number of hydrogen-bond donors (Lipinski definition) is 0. The minimum atomic E-state index is 0.374. The van der Waals surface area contributed by atoms with Crippen molar-refractivity contribution in [2.45, 2.75) is 12.8 Å². The van der Waals surface area contributed by atoms with E-state index in [0.29, 0.717) is 27.4 Å². The van der Waals surface area contributed by atoms with Gasteiger partial charge in [0, 0.05) is 15.6 Å². The first-order valence-electron chi connectivity index (χ1n) is 5.38. The standard InChI is InChI=1S/C14H11Cl3O/c1-9-6-12(4-5-13(9)17)18-14-7-11(16)3-2-10(14)8-15/h2-7H,8H2,1H3. The summed E-state index contributed by atoms with van der Waals surface area (Å²) >= 11 is 17.8. The summed E-state index contributed by atoms with van der Waals surface area (Å²) in [5.74, 6) is 1.75. The first-order valence-corrected chi connectivity index (χ1v) is 6.67. The lowest BCUT2D eigenvalue weighted by Gasteiger charge is -2.11. The summed E-state index contributed by atoms with van der Waals surface area (Å²) in [5, 5.41) is 1.33. The molecule has 0 amide bonds. The Bertz CT molecular complexity index is 567. The Morgan fingerprint density at radius 1 is 1.06 bits per heavy atom. The van der Waals surface area contributed by atoms with Crippen molar-refractivity contribution in [3.8, 4) is 11.5 Å². The highest BCUT2D eigenvalue weighted by atomic mass is 35.5. The summed E-state index contributed by atoms with van der Waals surface area (Å²) in [6, 6.07) is 10.9. The van der Waals surface area contributed by atoms with Crippen LogP contribution in [0.5, 0.6) is 11.5 Å². The maximum atomic E-state index is 5.97. The molecule has 0 unspecified atom stereocenters. The molecule has 0 heterocycles. The van der Waals surface area contributed by atoms with Gasteiger partial charge in [0.05, 0.1) is 5.88 Å². The van der Waals surface area contributed by atoms with E-state index in [2.05, 4.69) is 0 Å². The topological polar surface area (TPSA) is 9.23 Å². The molecule has 0 saturated heterocycles. The summed E-state index contributed by atoms with van der Waals surface area (Å²) in [4.78, 5) is 0. The molecule has 2 aromatic rings. The van der Waals surface area contributed by atoms with Crippen molar-refractivity contribution in [3.05, 3.63) is 57.6 Å². The lowest BCUT2D eigenvalue weighted by Crippen LogP contribution is -1.90. The van der Waals surface area contributed by atoms with Crippen molar-refractivity contribution in [2.24, 2.45) is 0 Å². The fraction of sp³-hybridized carbons (Fsp3) is 0.143. The summed E-state index contributed by atoms with van der Waals surface area (Å²) < 4.78 is 5.79. The molecular weight excluding hydrogens is 291 g/mol. The van der Waals surface area contributed by atoms with Crippen LogP contribution in [0.3, 0.4) is 0 Å². The molecule has 4 heteroatoms. The van der Waals surface area contributed by atoms with Crippen LogP contribution in [-0.2, 0) is 5.88 Å². The average Bonchev–Trinajstić information content (AvgIpc) is 2.34. The van der Waals surface area contributed by atoms with Gasteiger partial charge in [-0.3, -0.25) is 0 Å². The molecule has 0 bridgehead atoms. The van der Waals surface area contributed by atoms with E-state index >= 15 is 0 Å². The second-order valence-corrected chi connectivity index (χ2v) is 5.01. The molecule has 0 radical (unpaired) electrons. The molecule has 0 N–H and O–H groups in total. The molecule has 0 aliphatic rings. The molecule has 2 aromatic carbocycles. The number of rotatable bonds is 3. The van der Waals surface area contributed by atoms with Crippen molar-refractivity contribution in [2.75, 3.05) is 0 Å². The summed E-state index contributed by atoms with van der Waals surface area (Å²) in [6.45, 7) is 1.93. The minimum absolute atomic E-state index is 0.374. The zero-order chi connectivity index (χ0) is 13.1. The molecule has 0 aliphatic heterocycles. The van der Waals surface area contributed by atoms with Crippen molar-refractivity contribution in [1.82, 2.24) is 0 Å². The van der Waals surface area contributed by atoms with Crippen LogP contribution in [0.15, 0.2) is 36.4 Å². The molecule has 2 rings (SSSR count). The van der Waals surface area contributed by atoms with Gasteiger partial charge in [-0.05, 0) is 42.8 Å². The highest BCUT2D eigenvalue weighted by molar-refractivity contribution is 6.31. The molecular formula is C14H11Cl3O. The van der Waals surface area contributed by atoms with E-state index in [-0.39, 0.29) is 0 Å².